The minimum atomic E-state index is -1.80. The van der Waals surface area contributed by atoms with Gasteiger partial charge in [0.2, 0.25) is 0 Å². The topological polar surface area (TPSA) is 57.5 Å². The average molecular weight is 282 g/mol. The number of benzene rings is 2. The smallest absolute Gasteiger partial charge is 0.197 e. The lowest BCUT2D eigenvalue weighted by Crippen LogP contribution is -2.57. The molecule has 0 amide bonds. The summed E-state index contributed by atoms with van der Waals surface area (Å²) < 4.78 is 0. The predicted octanol–water partition coefficient (Wildman–Crippen LogP) is 2.45. The molecule has 2 N–H and O–H groups in total. The van der Waals surface area contributed by atoms with Crippen LogP contribution in [0.15, 0.2) is 54.6 Å². The van der Waals surface area contributed by atoms with Crippen LogP contribution < -0.4 is 0 Å². The quantitative estimate of drug-likeness (QED) is 0.889. The van der Waals surface area contributed by atoms with E-state index in [1.54, 1.807) is 36.4 Å². The van der Waals surface area contributed by atoms with Gasteiger partial charge in [0.25, 0.3) is 0 Å². The molecule has 1 aliphatic rings. The van der Waals surface area contributed by atoms with Crippen molar-refractivity contribution in [1.82, 2.24) is 0 Å². The summed E-state index contributed by atoms with van der Waals surface area (Å²) in [5.41, 5.74) is -1.46. The number of aryl methyl sites for hydroxylation is 1. The lowest BCUT2D eigenvalue weighted by atomic mass is 9.68. The van der Waals surface area contributed by atoms with Crippen molar-refractivity contribution in [2.24, 2.45) is 0 Å². The molecule has 3 rings (SSSR count). The molecule has 0 unspecified atom stereocenters. The van der Waals surface area contributed by atoms with Crippen molar-refractivity contribution in [2.45, 2.75) is 31.0 Å². The lowest BCUT2D eigenvalue weighted by Gasteiger charge is -2.43. The van der Waals surface area contributed by atoms with Gasteiger partial charge in [-0.25, -0.2) is 0 Å². The molecule has 21 heavy (non-hydrogen) atoms. The van der Waals surface area contributed by atoms with Crippen molar-refractivity contribution in [3.05, 3.63) is 71.3 Å². The minimum absolute atomic E-state index is 0.213. The Bertz CT molecular complexity index is 676. The second-order valence-electron chi connectivity index (χ2n) is 5.78. The standard InChI is InChI=1S/C18H18O3/c1-17(20,14-8-3-2-4-9-14)18(21)12-11-13-7-5-6-10-15(13)16(18)19/h2-10,20-21H,11-12H2,1H3/t17-,18+/m1/s1. The number of Topliss-reactive ketones (excluding diaryl/α,β-unsaturated/α-hetero) is 1. The largest absolute Gasteiger partial charge is 0.382 e. The Kier molecular flexibility index (Phi) is 3.19. The Labute approximate surface area is 123 Å². The van der Waals surface area contributed by atoms with E-state index in [4.69, 9.17) is 0 Å². The highest BCUT2D eigenvalue weighted by molar-refractivity contribution is 6.05. The van der Waals surface area contributed by atoms with Crippen LogP contribution in [-0.2, 0) is 12.0 Å². The van der Waals surface area contributed by atoms with Gasteiger partial charge < -0.3 is 10.2 Å². The van der Waals surface area contributed by atoms with E-state index in [9.17, 15) is 15.0 Å². The van der Waals surface area contributed by atoms with Crippen molar-refractivity contribution in [1.29, 1.82) is 0 Å². The van der Waals surface area contributed by atoms with Gasteiger partial charge in [0.1, 0.15) is 5.60 Å². The first-order chi connectivity index (χ1) is 9.97. The molecular formula is C18H18O3. The van der Waals surface area contributed by atoms with Gasteiger partial charge in [0.05, 0.1) is 0 Å². The zero-order valence-electron chi connectivity index (χ0n) is 11.9. The number of fused-ring (bicyclic) bond motifs is 1. The fourth-order valence-corrected chi connectivity index (χ4v) is 3.08. The van der Waals surface area contributed by atoms with Gasteiger partial charge in [0, 0.05) is 5.56 Å². The van der Waals surface area contributed by atoms with E-state index in [1.165, 1.54) is 6.92 Å². The number of hydrogen-bond acceptors (Lipinski definition) is 3. The van der Waals surface area contributed by atoms with Crippen molar-refractivity contribution < 1.29 is 15.0 Å². The minimum Gasteiger partial charge on any atom is -0.382 e. The molecule has 0 saturated carbocycles. The third-order valence-electron chi connectivity index (χ3n) is 4.53. The molecule has 0 radical (unpaired) electrons. The second-order valence-corrected chi connectivity index (χ2v) is 5.78. The van der Waals surface area contributed by atoms with Crippen LogP contribution in [0.25, 0.3) is 0 Å². The highest BCUT2D eigenvalue weighted by Crippen LogP contribution is 2.41. The van der Waals surface area contributed by atoms with Crippen LogP contribution in [0.5, 0.6) is 0 Å². The van der Waals surface area contributed by atoms with Gasteiger partial charge in [-0.1, -0.05) is 54.6 Å². The fraction of sp³-hybridized carbons (Fsp3) is 0.278. The monoisotopic (exact) mass is 282 g/mol. The first-order valence-electron chi connectivity index (χ1n) is 7.10. The Morgan fingerprint density at radius 3 is 2.38 bits per heavy atom. The molecule has 3 nitrogen and oxygen atoms in total. The van der Waals surface area contributed by atoms with E-state index in [0.29, 0.717) is 17.5 Å². The van der Waals surface area contributed by atoms with Crippen LogP contribution in [0.1, 0.15) is 34.8 Å². The number of carbonyl (C=O) groups excluding carboxylic acids is 1. The van der Waals surface area contributed by atoms with Gasteiger partial charge in [-0.15, -0.1) is 0 Å². The molecule has 0 heterocycles. The van der Waals surface area contributed by atoms with E-state index < -0.39 is 17.0 Å². The maximum absolute atomic E-state index is 12.7. The summed E-state index contributed by atoms with van der Waals surface area (Å²) in [7, 11) is 0. The fourth-order valence-electron chi connectivity index (χ4n) is 3.08. The molecule has 1 aliphatic carbocycles. The van der Waals surface area contributed by atoms with Crippen LogP contribution in [-0.4, -0.2) is 21.6 Å². The molecule has 0 bridgehead atoms. The molecule has 0 spiro atoms. The maximum atomic E-state index is 12.7. The molecule has 3 heteroatoms. The summed E-state index contributed by atoms with van der Waals surface area (Å²) in [6.07, 6.45) is 0.784. The molecule has 0 aromatic heterocycles. The SMILES string of the molecule is C[C@@](O)(c1ccccc1)[C@]1(O)CCc2ccccc2C1=O. The van der Waals surface area contributed by atoms with E-state index in [2.05, 4.69) is 0 Å². The van der Waals surface area contributed by atoms with Gasteiger partial charge >= 0.3 is 0 Å². The van der Waals surface area contributed by atoms with Crippen molar-refractivity contribution in [2.75, 3.05) is 0 Å². The highest BCUT2D eigenvalue weighted by Gasteiger charge is 2.54. The van der Waals surface area contributed by atoms with E-state index in [0.717, 1.165) is 5.56 Å². The number of carbonyl (C=O) groups is 1. The second kappa shape index (κ2) is 4.79. The molecule has 0 saturated heterocycles. The summed E-state index contributed by atoms with van der Waals surface area (Å²) in [6.45, 7) is 1.51. The molecule has 2 atom stereocenters. The van der Waals surface area contributed by atoms with E-state index in [-0.39, 0.29) is 6.42 Å². The summed E-state index contributed by atoms with van der Waals surface area (Å²) in [4.78, 5) is 12.7. The van der Waals surface area contributed by atoms with Crippen molar-refractivity contribution in [3.63, 3.8) is 0 Å². The summed E-state index contributed by atoms with van der Waals surface area (Å²) in [5.74, 6) is -0.404. The molecule has 0 fully saturated rings. The summed E-state index contributed by atoms with van der Waals surface area (Å²) in [6, 6.07) is 16.1. The average Bonchev–Trinajstić information content (AvgIpc) is 2.52. The molecule has 0 aliphatic heterocycles. The zero-order valence-corrected chi connectivity index (χ0v) is 11.9. The van der Waals surface area contributed by atoms with Gasteiger partial charge in [-0.2, -0.15) is 0 Å². The van der Waals surface area contributed by atoms with Crippen LogP contribution in [0.2, 0.25) is 0 Å². The van der Waals surface area contributed by atoms with Crippen LogP contribution >= 0.6 is 0 Å². The maximum Gasteiger partial charge on any atom is 0.197 e. The first-order valence-corrected chi connectivity index (χ1v) is 7.10. The van der Waals surface area contributed by atoms with Crippen molar-refractivity contribution >= 4 is 5.78 Å². The zero-order chi connectivity index (χ0) is 15.1. The Hall–Kier alpha value is -1.97. The Morgan fingerprint density at radius 1 is 1.05 bits per heavy atom. The van der Waals surface area contributed by atoms with Crippen LogP contribution in [0, 0.1) is 0 Å². The molecule has 2 aromatic carbocycles. The summed E-state index contributed by atoms with van der Waals surface area (Å²) in [5, 5.41) is 21.9. The normalized spacial score (nSPS) is 24.2. The Balaban J connectivity index is 2.08. The van der Waals surface area contributed by atoms with E-state index >= 15 is 0 Å². The van der Waals surface area contributed by atoms with Gasteiger partial charge in [-0.3, -0.25) is 4.79 Å². The molecule has 108 valence electrons. The lowest BCUT2D eigenvalue weighted by molar-refractivity contribution is -0.125. The third-order valence-corrected chi connectivity index (χ3v) is 4.53. The summed E-state index contributed by atoms with van der Waals surface area (Å²) >= 11 is 0. The number of hydrogen-bond donors (Lipinski definition) is 2. The van der Waals surface area contributed by atoms with Gasteiger partial charge in [-0.05, 0) is 30.9 Å². The molecular weight excluding hydrogens is 264 g/mol. The first kappa shape index (κ1) is 14.0. The molecule has 2 aromatic rings. The Morgan fingerprint density at radius 2 is 1.67 bits per heavy atom. The van der Waals surface area contributed by atoms with Crippen LogP contribution in [0.3, 0.4) is 0 Å². The van der Waals surface area contributed by atoms with Crippen molar-refractivity contribution in [3.8, 4) is 0 Å². The number of aliphatic hydroxyl groups is 2. The number of rotatable bonds is 2. The number of ketones is 1. The van der Waals surface area contributed by atoms with Crippen LogP contribution in [0.4, 0.5) is 0 Å². The van der Waals surface area contributed by atoms with Gasteiger partial charge in [0.15, 0.2) is 11.4 Å². The third kappa shape index (κ3) is 2.01. The highest BCUT2D eigenvalue weighted by atomic mass is 16.4. The predicted molar refractivity (Wildman–Crippen MR) is 80.1 cm³/mol. The van der Waals surface area contributed by atoms with E-state index in [1.807, 2.05) is 18.2 Å².